The predicted octanol–water partition coefficient (Wildman–Crippen LogP) is 14.4. The number of hydrogen-bond donors (Lipinski definition) is 0. The first-order chi connectivity index (χ1) is 28.2. The molecule has 0 spiro atoms. The van der Waals surface area contributed by atoms with Crippen LogP contribution in [-0.2, 0) is 0 Å². The van der Waals surface area contributed by atoms with Crippen molar-refractivity contribution in [2.24, 2.45) is 0 Å². The van der Waals surface area contributed by atoms with Crippen molar-refractivity contribution in [1.29, 1.82) is 0 Å². The van der Waals surface area contributed by atoms with Crippen molar-refractivity contribution in [3.8, 4) is 51.0 Å². The fourth-order valence-electron chi connectivity index (χ4n) is 8.41. The van der Waals surface area contributed by atoms with Crippen molar-refractivity contribution < 1.29 is 0 Å². The summed E-state index contributed by atoms with van der Waals surface area (Å²) in [7, 11) is 0. The van der Waals surface area contributed by atoms with Gasteiger partial charge in [0.1, 0.15) is 0 Å². The molecule has 0 aliphatic rings. The van der Waals surface area contributed by atoms with Gasteiger partial charge in [-0.25, -0.2) is 15.0 Å². The van der Waals surface area contributed by atoms with E-state index in [9.17, 15) is 0 Å². The van der Waals surface area contributed by atoms with Gasteiger partial charge in [0.2, 0.25) is 0 Å². The summed E-state index contributed by atoms with van der Waals surface area (Å²) in [6.45, 7) is 0. The Labute approximate surface area is 335 Å². The van der Waals surface area contributed by atoms with Crippen LogP contribution in [0.1, 0.15) is 0 Å². The topological polar surface area (TPSA) is 43.6 Å². The lowest BCUT2D eigenvalue weighted by molar-refractivity contribution is 1.07. The van der Waals surface area contributed by atoms with Crippen LogP contribution in [0.5, 0.6) is 0 Å². The van der Waals surface area contributed by atoms with Gasteiger partial charge in [-0.1, -0.05) is 146 Å². The lowest BCUT2D eigenvalue weighted by atomic mass is 10.0. The van der Waals surface area contributed by atoms with Crippen LogP contribution < -0.4 is 0 Å². The lowest BCUT2D eigenvalue weighted by Gasteiger charge is -2.09. The fraction of sp³-hybridized carbons (Fsp3) is 0. The first kappa shape index (κ1) is 32.3. The average Bonchev–Trinajstić information content (AvgIpc) is 3.96. The minimum atomic E-state index is 0.664. The Kier molecular flexibility index (Phi) is 7.24. The van der Waals surface area contributed by atoms with Gasteiger partial charge in [0.05, 0.1) is 21.4 Å². The zero-order chi connectivity index (χ0) is 37.5. The van der Waals surface area contributed by atoms with Gasteiger partial charge < -0.3 is 4.57 Å². The SMILES string of the molecule is c1ccc(-c2nc(-c3ccccc3)nc(-c3ccc4c(c3)sc3c(-c5ccc6sc7c(-n8c9ccccc9c9ccccc98)cccc7c6c5)cccc34)n2)cc1. The van der Waals surface area contributed by atoms with Gasteiger partial charge >= 0.3 is 0 Å². The van der Waals surface area contributed by atoms with E-state index in [1.165, 1.54) is 79.0 Å². The third kappa shape index (κ3) is 5.15. The third-order valence-electron chi connectivity index (χ3n) is 11.1. The van der Waals surface area contributed by atoms with Crippen LogP contribution in [0.15, 0.2) is 182 Å². The Hall–Kier alpha value is -6.99. The van der Waals surface area contributed by atoms with E-state index in [-0.39, 0.29) is 0 Å². The molecule has 4 aromatic heterocycles. The third-order valence-corrected chi connectivity index (χ3v) is 13.5. The Balaban J connectivity index is 0.989. The minimum absolute atomic E-state index is 0.664. The van der Waals surface area contributed by atoms with Gasteiger partial charge in [-0.2, -0.15) is 0 Å². The first-order valence-electron chi connectivity index (χ1n) is 19.0. The van der Waals surface area contributed by atoms with Crippen LogP contribution in [-0.4, -0.2) is 19.5 Å². The second-order valence-corrected chi connectivity index (χ2v) is 16.5. The molecule has 0 unspecified atom stereocenters. The van der Waals surface area contributed by atoms with E-state index < -0.39 is 0 Å². The Morgan fingerprint density at radius 3 is 1.56 bits per heavy atom. The fourth-order valence-corrected chi connectivity index (χ4v) is 10.9. The highest BCUT2D eigenvalue weighted by Crippen LogP contribution is 2.45. The molecule has 4 heterocycles. The Bertz CT molecular complexity index is 3410. The summed E-state index contributed by atoms with van der Waals surface area (Å²) < 4.78 is 7.51. The maximum atomic E-state index is 5.01. The molecule has 4 nitrogen and oxygen atoms in total. The van der Waals surface area contributed by atoms with E-state index in [1.807, 2.05) is 83.3 Å². The van der Waals surface area contributed by atoms with Crippen molar-refractivity contribution in [3.63, 3.8) is 0 Å². The molecule has 0 N–H and O–H groups in total. The van der Waals surface area contributed by atoms with Crippen molar-refractivity contribution in [2.45, 2.75) is 0 Å². The normalized spacial score (nSPS) is 11.9. The largest absolute Gasteiger partial charge is 0.308 e. The molecule has 0 saturated carbocycles. The molecule has 8 aromatic carbocycles. The van der Waals surface area contributed by atoms with Gasteiger partial charge in [-0.3, -0.25) is 0 Å². The maximum absolute atomic E-state index is 5.01. The van der Waals surface area contributed by atoms with Crippen LogP contribution in [0.25, 0.3) is 113 Å². The van der Waals surface area contributed by atoms with Crippen LogP contribution in [0, 0.1) is 0 Å². The van der Waals surface area contributed by atoms with E-state index >= 15 is 0 Å². The summed E-state index contributed by atoms with van der Waals surface area (Å²) in [5.74, 6) is 1.99. The molecule has 0 bridgehead atoms. The molecule has 0 radical (unpaired) electrons. The number of fused-ring (bicyclic) bond motifs is 9. The van der Waals surface area contributed by atoms with Crippen molar-refractivity contribution in [1.82, 2.24) is 19.5 Å². The lowest BCUT2D eigenvalue weighted by Crippen LogP contribution is -1.99. The van der Waals surface area contributed by atoms with Crippen LogP contribution in [0.3, 0.4) is 0 Å². The molecule has 266 valence electrons. The van der Waals surface area contributed by atoms with Gasteiger partial charge in [-0.05, 0) is 47.5 Å². The highest BCUT2D eigenvalue weighted by Gasteiger charge is 2.19. The molecular weight excluding hydrogens is 733 g/mol. The van der Waals surface area contributed by atoms with E-state index in [4.69, 9.17) is 15.0 Å². The Morgan fingerprint density at radius 2 is 0.877 bits per heavy atom. The molecule has 57 heavy (non-hydrogen) atoms. The minimum Gasteiger partial charge on any atom is -0.308 e. The number of aromatic nitrogens is 4. The molecule has 0 atom stereocenters. The van der Waals surface area contributed by atoms with E-state index in [2.05, 4.69) is 126 Å². The monoisotopic (exact) mass is 762 g/mol. The summed E-state index contributed by atoms with van der Waals surface area (Å²) in [5, 5.41) is 7.62. The van der Waals surface area contributed by atoms with E-state index in [0.29, 0.717) is 17.5 Å². The zero-order valence-electron chi connectivity index (χ0n) is 30.4. The first-order valence-corrected chi connectivity index (χ1v) is 20.7. The number of benzene rings is 8. The average molecular weight is 763 g/mol. The summed E-state index contributed by atoms with van der Waals surface area (Å²) in [4.78, 5) is 14.9. The van der Waals surface area contributed by atoms with Crippen LogP contribution in [0.4, 0.5) is 0 Å². The highest BCUT2D eigenvalue weighted by molar-refractivity contribution is 7.26. The van der Waals surface area contributed by atoms with Gasteiger partial charge in [0.25, 0.3) is 0 Å². The number of nitrogens with zero attached hydrogens (tertiary/aromatic N) is 4. The summed E-state index contributed by atoms with van der Waals surface area (Å²) in [5.41, 5.74) is 9.04. The van der Waals surface area contributed by atoms with E-state index in [0.717, 1.165) is 16.7 Å². The second-order valence-electron chi connectivity index (χ2n) is 14.4. The molecule has 6 heteroatoms. The predicted molar refractivity (Wildman–Crippen MR) is 242 cm³/mol. The van der Waals surface area contributed by atoms with Crippen LogP contribution in [0.2, 0.25) is 0 Å². The number of hydrogen-bond acceptors (Lipinski definition) is 5. The molecular formula is C51H30N4S2. The quantitative estimate of drug-likeness (QED) is 0.175. The number of rotatable bonds is 5. The maximum Gasteiger partial charge on any atom is 0.164 e. The summed E-state index contributed by atoms with van der Waals surface area (Å²) in [6, 6.07) is 64.9. The van der Waals surface area contributed by atoms with Gasteiger partial charge in [0.15, 0.2) is 17.5 Å². The molecule has 0 fully saturated rings. The molecule has 0 amide bonds. The van der Waals surface area contributed by atoms with Crippen molar-refractivity contribution >= 4 is 84.8 Å². The van der Waals surface area contributed by atoms with Gasteiger partial charge in [0, 0.05) is 63.1 Å². The zero-order valence-corrected chi connectivity index (χ0v) is 32.1. The molecule has 12 aromatic rings. The number of thiophene rings is 2. The molecule has 0 saturated heterocycles. The molecule has 12 rings (SSSR count). The molecule has 0 aliphatic heterocycles. The van der Waals surface area contributed by atoms with E-state index in [1.54, 1.807) is 0 Å². The summed E-state index contributed by atoms with van der Waals surface area (Å²) in [6.07, 6.45) is 0. The highest BCUT2D eigenvalue weighted by atomic mass is 32.1. The van der Waals surface area contributed by atoms with Crippen molar-refractivity contribution in [3.05, 3.63) is 182 Å². The van der Waals surface area contributed by atoms with Gasteiger partial charge in [-0.15, -0.1) is 22.7 Å². The standard InChI is InChI=1S/C51H30N4S2/c1-3-13-31(14-4-1)49-52-50(32-15-5-2-6-16-32)54-51(53-49)34-25-27-38-39-20-11-19-35(47(39)57-46(38)30-34)33-26-28-45-41(29-33)40-21-12-24-44(48(40)56-45)55-42-22-9-7-17-36(42)37-18-8-10-23-43(37)55/h1-30H. The second kappa shape index (κ2) is 12.8. The summed E-state index contributed by atoms with van der Waals surface area (Å²) >= 11 is 3.71. The molecule has 0 aliphatic carbocycles. The smallest absolute Gasteiger partial charge is 0.164 e. The van der Waals surface area contributed by atoms with Crippen molar-refractivity contribution in [2.75, 3.05) is 0 Å². The number of para-hydroxylation sites is 2. The van der Waals surface area contributed by atoms with Crippen LogP contribution >= 0.6 is 22.7 Å². The Morgan fingerprint density at radius 1 is 0.333 bits per heavy atom.